The molecule has 0 aliphatic heterocycles. The standard InChI is InChI=1S/C16H13BrClN3O4S/c1-2-25-14-6-3-9(7-11(14)17)15(22)20-16(26)19-10-4-5-12(18)13(8-10)21(23)24/h3-8H,2H2,1H3,(H2,19,20,22,26). The number of carbonyl (C=O) groups excluding carboxylic acids is 1. The van der Waals surface area contributed by atoms with Crippen molar-refractivity contribution in [3.05, 3.63) is 61.6 Å². The highest BCUT2D eigenvalue weighted by molar-refractivity contribution is 9.10. The summed E-state index contributed by atoms with van der Waals surface area (Å²) in [5.74, 6) is 0.188. The Bertz CT molecular complexity index is 879. The summed E-state index contributed by atoms with van der Waals surface area (Å²) >= 11 is 14.2. The van der Waals surface area contributed by atoms with E-state index < -0.39 is 10.8 Å². The van der Waals surface area contributed by atoms with Crippen LogP contribution in [0.4, 0.5) is 11.4 Å². The number of benzene rings is 2. The van der Waals surface area contributed by atoms with Gasteiger partial charge in [-0.1, -0.05) is 11.6 Å². The van der Waals surface area contributed by atoms with Crippen molar-refractivity contribution in [1.29, 1.82) is 0 Å². The van der Waals surface area contributed by atoms with Crippen molar-refractivity contribution in [1.82, 2.24) is 5.32 Å². The maximum absolute atomic E-state index is 12.3. The molecule has 2 N–H and O–H groups in total. The van der Waals surface area contributed by atoms with Crippen LogP contribution >= 0.6 is 39.7 Å². The summed E-state index contributed by atoms with van der Waals surface area (Å²) in [4.78, 5) is 22.6. The van der Waals surface area contributed by atoms with Gasteiger partial charge in [-0.2, -0.15) is 0 Å². The molecule has 26 heavy (non-hydrogen) atoms. The van der Waals surface area contributed by atoms with Crippen LogP contribution in [0.2, 0.25) is 5.02 Å². The minimum Gasteiger partial charge on any atom is -0.493 e. The van der Waals surface area contributed by atoms with Crippen molar-refractivity contribution in [2.24, 2.45) is 0 Å². The number of rotatable bonds is 5. The zero-order chi connectivity index (χ0) is 19.3. The highest BCUT2D eigenvalue weighted by Gasteiger charge is 2.15. The van der Waals surface area contributed by atoms with Crippen LogP contribution in [0.25, 0.3) is 0 Å². The lowest BCUT2D eigenvalue weighted by atomic mass is 10.2. The molecule has 0 bridgehead atoms. The fourth-order valence-electron chi connectivity index (χ4n) is 1.98. The van der Waals surface area contributed by atoms with Gasteiger partial charge in [0, 0.05) is 17.3 Å². The predicted octanol–water partition coefficient (Wildman–Crippen LogP) is 4.54. The van der Waals surface area contributed by atoms with Crippen LogP contribution in [-0.2, 0) is 0 Å². The summed E-state index contributed by atoms with van der Waals surface area (Å²) in [6, 6.07) is 8.99. The number of amides is 1. The number of ether oxygens (including phenoxy) is 1. The quantitative estimate of drug-likeness (QED) is 0.388. The highest BCUT2D eigenvalue weighted by Crippen LogP contribution is 2.28. The Balaban J connectivity index is 2.06. The molecule has 0 unspecified atom stereocenters. The first-order valence-corrected chi connectivity index (χ1v) is 8.88. The zero-order valence-electron chi connectivity index (χ0n) is 13.4. The van der Waals surface area contributed by atoms with Gasteiger partial charge in [-0.05, 0) is 65.4 Å². The molecule has 0 aliphatic carbocycles. The first-order valence-electron chi connectivity index (χ1n) is 7.30. The van der Waals surface area contributed by atoms with Crippen LogP contribution in [0.15, 0.2) is 40.9 Å². The molecule has 136 valence electrons. The zero-order valence-corrected chi connectivity index (χ0v) is 16.6. The van der Waals surface area contributed by atoms with Gasteiger partial charge in [0.25, 0.3) is 11.6 Å². The van der Waals surface area contributed by atoms with Crippen molar-refractivity contribution >= 4 is 62.1 Å². The average molecular weight is 459 g/mol. The van der Waals surface area contributed by atoms with E-state index in [1.807, 2.05) is 6.92 Å². The van der Waals surface area contributed by atoms with E-state index >= 15 is 0 Å². The molecule has 0 fully saturated rings. The SMILES string of the molecule is CCOc1ccc(C(=O)NC(=S)Nc2ccc(Cl)c([N+](=O)[O-])c2)cc1Br. The van der Waals surface area contributed by atoms with Crippen molar-refractivity contribution in [2.75, 3.05) is 11.9 Å². The van der Waals surface area contributed by atoms with Gasteiger partial charge >= 0.3 is 0 Å². The second-order valence-electron chi connectivity index (χ2n) is 4.91. The lowest BCUT2D eigenvalue weighted by Gasteiger charge is -2.11. The molecule has 10 heteroatoms. The van der Waals surface area contributed by atoms with Gasteiger partial charge < -0.3 is 10.1 Å². The van der Waals surface area contributed by atoms with Gasteiger partial charge in [0.05, 0.1) is 16.0 Å². The third kappa shape index (κ3) is 5.13. The van der Waals surface area contributed by atoms with Gasteiger partial charge in [0.2, 0.25) is 0 Å². The molecule has 0 saturated carbocycles. The van der Waals surface area contributed by atoms with E-state index in [1.165, 1.54) is 18.2 Å². The molecule has 0 atom stereocenters. The van der Waals surface area contributed by atoms with Crippen LogP contribution in [0.1, 0.15) is 17.3 Å². The number of hydrogen-bond acceptors (Lipinski definition) is 5. The first kappa shape index (κ1) is 20.1. The van der Waals surface area contributed by atoms with Crippen molar-refractivity contribution in [3.8, 4) is 5.75 Å². The molecule has 0 saturated heterocycles. The minimum atomic E-state index is -0.605. The van der Waals surface area contributed by atoms with Gasteiger partial charge in [0.15, 0.2) is 5.11 Å². The van der Waals surface area contributed by atoms with Crippen molar-refractivity contribution in [2.45, 2.75) is 6.92 Å². The summed E-state index contributed by atoms with van der Waals surface area (Å²) in [7, 11) is 0. The van der Waals surface area contributed by atoms with Crippen LogP contribution in [0.3, 0.4) is 0 Å². The molecular formula is C16H13BrClN3O4S. The maximum Gasteiger partial charge on any atom is 0.289 e. The third-order valence-electron chi connectivity index (χ3n) is 3.12. The van der Waals surface area contributed by atoms with Crippen molar-refractivity contribution < 1.29 is 14.5 Å². The number of nitro groups is 1. The Kier molecular flexibility index (Phi) is 6.90. The lowest BCUT2D eigenvalue weighted by molar-refractivity contribution is -0.384. The van der Waals surface area contributed by atoms with E-state index in [0.717, 1.165) is 0 Å². The number of nitrogens with zero attached hydrogens (tertiary/aromatic N) is 1. The molecule has 7 nitrogen and oxygen atoms in total. The highest BCUT2D eigenvalue weighted by atomic mass is 79.9. The molecule has 0 radical (unpaired) electrons. The molecule has 0 heterocycles. The third-order valence-corrected chi connectivity index (χ3v) is 4.27. The monoisotopic (exact) mass is 457 g/mol. The average Bonchev–Trinajstić information content (AvgIpc) is 2.58. The van der Waals surface area contributed by atoms with Gasteiger partial charge in [-0.3, -0.25) is 20.2 Å². The molecule has 1 amide bonds. The summed E-state index contributed by atoms with van der Waals surface area (Å²) in [5.41, 5.74) is 0.437. The van der Waals surface area contributed by atoms with E-state index in [0.29, 0.717) is 28.1 Å². The Labute approximate surface area is 168 Å². The number of hydrogen-bond donors (Lipinski definition) is 2. The first-order chi connectivity index (χ1) is 12.3. The smallest absolute Gasteiger partial charge is 0.289 e. The van der Waals surface area contributed by atoms with E-state index in [2.05, 4.69) is 26.6 Å². The molecular weight excluding hydrogens is 446 g/mol. The summed E-state index contributed by atoms with van der Waals surface area (Å²) in [6.45, 7) is 2.36. The Morgan fingerprint density at radius 2 is 2.08 bits per heavy atom. The van der Waals surface area contributed by atoms with Gasteiger partial charge in [-0.15, -0.1) is 0 Å². The van der Waals surface area contributed by atoms with E-state index in [-0.39, 0.29) is 15.8 Å². The second-order valence-corrected chi connectivity index (χ2v) is 6.58. The Morgan fingerprint density at radius 1 is 1.35 bits per heavy atom. The number of anilines is 1. The fourth-order valence-corrected chi connectivity index (χ4v) is 2.87. The summed E-state index contributed by atoms with van der Waals surface area (Å²) in [5, 5.41) is 16.1. The van der Waals surface area contributed by atoms with Gasteiger partial charge in [-0.25, -0.2) is 0 Å². The minimum absolute atomic E-state index is 0.00312. The largest absolute Gasteiger partial charge is 0.493 e. The number of carbonyl (C=O) groups is 1. The summed E-state index contributed by atoms with van der Waals surface area (Å²) < 4.78 is 6.03. The molecule has 2 aromatic rings. The van der Waals surface area contributed by atoms with E-state index in [1.54, 1.807) is 18.2 Å². The van der Waals surface area contributed by atoms with Gasteiger partial charge in [0.1, 0.15) is 10.8 Å². The molecule has 2 aromatic carbocycles. The van der Waals surface area contributed by atoms with E-state index in [4.69, 9.17) is 28.6 Å². The van der Waals surface area contributed by atoms with Crippen LogP contribution < -0.4 is 15.4 Å². The maximum atomic E-state index is 12.3. The topological polar surface area (TPSA) is 93.5 Å². The Morgan fingerprint density at radius 3 is 2.69 bits per heavy atom. The lowest BCUT2D eigenvalue weighted by Crippen LogP contribution is -2.34. The molecule has 0 aromatic heterocycles. The predicted molar refractivity (Wildman–Crippen MR) is 107 cm³/mol. The Hall–Kier alpha value is -2.23. The molecule has 2 rings (SSSR count). The van der Waals surface area contributed by atoms with Crippen molar-refractivity contribution in [3.63, 3.8) is 0 Å². The number of nitrogens with one attached hydrogen (secondary N) is 2. The normalized spacial score (nSPS) is 10.1. The summed E-state index contributed by atoms with van der Waals surface area (Å²) in [6.07, 6.45) is 0. The van der Waals surface area contributed by atoms with Crippen LogP contribution in [0, 0.1) is 10.1 Å². The number of nitro benzene ring substituents is 1. The number of halogens is 2. The molecule has 0 aliphatic rings. The van der Waals surface area contributed by atoms with Crippen LogP contribution in [0.5, 0.6) is 5.75 Å². The molecule has 0 spiro atoms. The fraction of sp³-hybridized carbons (Fsp3) is 0.125. The van der Waals surface area contributed by atoms with Crippen LogP contribution in [-0.4, -0.2) is 22.5 Å². The number of thiocarbonyl (C=S) groups is 1. The van der Waals surface area contributed by atoms with E-state index in [9.17, 15) is 14.9 Å². The second kappa shape index (κ2) is 8.93.